The van der Waals surface area contributed by atoms with Gasteiger partial charge in [0.15, 0.2) is 0 Å². The molecule has 1 aliphatic heterocycles. The average Bonchev–Trinajstić information content (AvgIpc) is 3.29. The molecule has 0 fully saturated rings. The van der Waals surface area contributed by atoms with Crippen molar-refractivity contribution in [1.82, 2.24) is 9.62 Å². The SMILES string of the molecule is O=C(NCC1Cc2ccccc21)C1Cc2ccccc2CN1S(=O)(=O)c1cccs1. The van der Waals surface area contributed by atoms with Crippen LogP contribution in [0.15, 0.2) is 70.3 Å². The molecule has 1 N–H and O–H groups in total. The number of rotatable bonds is 5. The molecule has 3 aromatic rings. The van der Waals surface area contributed by atoms with Crippen LogP contribution in [0.4, 0.5) is 0 Å². The molecule has 1 aliphatic carbocycles. The number of carbonyl (C=O) groups is 1. The smallest absolute Gasteiger partial charge is 0.253 e. The Balaban J connectivity index is 1.39. The molecule has 5 rings (SSSR count). The van der Waals surface area contributed by atoms with Crippen molar-refractivity contribution in [2.75, 3.05) is 6.54 Å². The Hall–Kier alpha value is -2.48. The molecule has 2 aliphatic rings. The van der Waals surface area contributed by atoms with E-state index in [4.69, 9.17) is 0 Å². The maximum absolute atomic E-state index is 13.3. The zero-order valence-corrected chi connectivity index (χ0v) is 18.0. The Morgan fingerprint density at radius 1 is 0.967 bits per heavy atom. The summed E-state index contributed by atoms with van der Waals surface area (Å²) in [4.78, 5) is 13.2. The van der Waals surface area contributed by atoms with E-state index in [2.05, 4.69) is 17.4 Å². The number of thiophene rings is 1. The number of sulfonamides is 1. The first-order chi connectivity index (χ1) is 14.5. The number of fused-ring (bicyclic) bond motifs is 2. The maximum atomic E-state index is 13.3. The highest BCUT2D eigenvalue weighted by Gasteiger charge is 2.40. The number of nitrogens with one attached hydrogen (secondary N) is 1. The van der Waals surface area contributed by atoms with Crippen molar-refractivity contribution in [2.24, 2.45) is 0 Å². The highest BCUT2D eigenvalue weighted by atomic mass is 32.2. The second-order valence-electron chi connectivity index (χ2n) is 7.82. The first kappa shape index (κ1) is 19.5. The molecule has 1 aromatic heterocycles. The minimum absolute atomic E-state index is 0.209. The lowest BCUT2D eigenvalue weighted by atomic mass is 9.77. The van der Waals surface area contributed by atoms with Crippen molar-refractivity contribution in [2.45, 2.75) is 35.6 Å². The lowest BCUT2D eigenvalue weighted by Gasteiger charge is -2.36. The molecule has 2 aromatic carbocycles. The molecule has 0 saturated heterocycles. The number of nitrogens with zero attached hydrogens (tertiary/aromatic N) is 1. The first-order valence-electron chi connectivity index (χ1n) is 10.0. The Kier molecular flexibility index (Phi) is 4.97. The predicted octanol–water partition coefficient (Wildman–Crippen LogP) is 3.32. The molecular formula is C23H22N2O3S2. The van der Waals surface area contributed by atoms with Crippen molar-refractivity contribution >= 4 is 27.3 Å². The Bertz CT molecular complexity index is 1190. The third-order valence-corrected chi connectivity index (χ3v) is 9.28. The van der Waals surface area contributed by atoms with E-state index in [1.807, 2.05) is 36.4 Å². The summed E-state index contributed by atoms with van der Waals surface area (Å²) in [7, 11) is -3.74. The fourth-order valence-electron chi connectivity index (χ4n) is 4.39. The van der Waals surface area contributed by atoms with Crippen LogP contribution in [-0.2, 0) is 34.2 Å². The zero-order valence-electron chi connectivity index (χ0n) is 16.3. The highest BCUT2D eigenvalue weighted by molar-refractivity contribution is 7.91. The average molecular weight is 439 g/mol. The summed E-state index contributed by atoms with van der Waals surface area (Å²) in [5, 5.41) is 4.78. The van der Waals surface area contributed by atoms with Crippen LogP contribution in [0.5, 0.6) is 0 Å². The fraction of sp³-hybridized carbons (Fsp3) is 0.261. The van der Waals surface area contributed by atoms with Gasteiger partial charge >= 0.3 is 0 Å². The monoisotopic (exact) mass is 438 g/mol. The molecular weight excluding hydrogens is 416 g/mol. The Labute approximate surface area is 180 Å². The van der Waals surface area contributed by atoms with Crippen LogP contribution in [0.25, 0.3) is 0 Å². The summed E-state index contributed by atoms with van der Waals surface area (Å²) in [6.07, 6.45) is 1.33. The summed E-state index contributed by atoms with van der Waals surface area (Å²) >= 11 is 1.18. The maximum Gasteiger partial charge on any atom is 0.253 e. The molecule has 2 heterocycles. The van der Waals surface area contributed by atoms with Gasteiger partial charge in [0.1, 0.15) is 10.3 Å². The highest BCUT2D eigenvalue weighted by Crippen LogP contribution is 2.35. The van der Waals surface area contributed by atoms with Crippen molar-refractivity contribution in [1.29, 1.82) is 0 Å². The zero-order chi connectivity index (χ0) is 20.7. The molecule has 154 valence electrons. The normalized spacial score (nSPS) is 20.7. The van der Waals surface area contributed by atoms with Gasteiger partial charge in [0, 0.05) is 19.0 Å². The second kappa shape index (κ2) is 7.65. The summed E-state index contributed by atoms with van der Waals surface area (Å²) in [5.74, 6) is 0.0670. The van der Waals surface area contributed by atoms with Crippen LogP contribution in [0, 0.1) is 0 Å². The van der Waals surface area contributed by atoms with E-state index in [0.717, 1.165) is 17.5 Å². The van der Waals surface area contributed by atoms with Gasteiger partial charge in [-0.1, -0.05) is 54.6 Å². The largest absolute Gasteiger partial charge is 0.354 e. The van der Waals surface area contributed by atoms with Gasteiger partial charge in [-0.3, -0.25) is 4.79 Å². The van der Waals surface area contributed by atoms with E-state index in [-0.39, 0.29) is 16.7 Å². The molecule has 0 spiro atoms. The summed E-state index contributed by atoms with van der Waals surface area (Å²) in [6, 6.07) is 18.6. The van der Waals surface area contributed by atoms with Crippen LogP contribution in [0.1, 0.15) is 28.2 Å². The molecule has 2 atom stereocenters. The van der Waals surface area contributed by atoms with Crippen molar-refractivity contribution < 1.29 is 13.2 Å². The first-order valence-corrected chi connectivity index (χ1v) is 12.3. The standard InChI is InChI=1S/C23H22N2O3S2/c26-23(24-14-19-12-17-7-3-4-9-20(17)19)21-13-16-6-1-2-8-18(16)15-25(21)30(27,28)22-10-5-11-29-22/h1-11,19,21H,12-15H2,(H,24,26). The number of hydrogen-bond acceptors (Lipinski definition) is 4. The molecule has 0 saturated carbocycles. The van der Waals surface area contributed by atoms with Crippen LogP contribution >= 0.6 is 11.3 Å². The van der Waals surface area contributed by atoms with Gasteiger partial charge in [-0.2, -0.15) is 4.31 Å². The van der Waals surface area contributed by atoms with Crippen molar-refractivity contribution in [3.8, 4) is 0 Å². The molecule has 2 unspecified atom stereocenters. The molecule has 0 radical (unpaired) electrons. The summed E-state index contributed by atoms with van der Waals surface area (Å²) in [5.41, 5.74) is 4.58. The van der Waals surface area contributed by atoms with E-state index in [9.17, 15) is 13.2 Å². The second-order valence-corrected chi connectivity index (χ2v) is 10.9. The van der Waals surface area contributed by atoms with E-state index in [1.165, 1.54) is 26.8 Å². The van der Waals surface area contributed by atoms with Crippen molar-refractivity contribution in [3.05, 3.63) is 88.3 Å². The van der Waals surface area contributed by atoms with Gasteiger partial charge in [-0.05, 0) is 46.5 Å². The van der Waals surface area contributed by atoms with Gasteiger partial charge < -0.3 is 5.32 Å². The van der Waals surface area contributed by atoms with Gasteiger partial charge in [-0.15, -0.1) is 11.3 Å². The van der Waals surface area contributed by atoms with Gasteiger partial charge in [-0.25, -0.2) is 8.42 Å². The number of amides is 1. The molecule has 7 heteroatoms. The Morgan fingerprint density at radius 2 is 1.70 bits per heavy atom. The van der Waals surface area contributed by atoms with Crippen LogP contribution in [0.3, 0.4) is 0 Å². The minimum atomic E-state index is -3.74. The van der Waals surface area contributed by atoms with Gasteiger partial charge in [0.2, 0.25) is 5.91 Å². The molecule has 5 nitrogen and oxygen atoms in total. The topological polar surface area (TPSA) is 66.5 Å². The van der Waals surface area contributed by atoms with E-state index >= 15 is 0 Å². The van der Waals surface area contributed by atoms with Gasteiger partial charge in [0.05, 0.1) is 0 Å². The fourth-order valence-corrected chi connectivity index (χ4v) is 7.07. The molecule has 30 heavy (non-hydrogen) atoms. The van der Waals surface area contributed by atoms with E-state index in [1.54, 1.807) is 17.5 Å². The van der Waals surface area contributed by atoms with Crippen LogP contribution in [0.2, 0.25) is 0 Å². The van der Waals surface area contributed by atoms with E-state index in [0.29, 0.717) is 18.9 Å². The van der Waals surface area contributed by atoms with Crippen molar-refractivity contribution in [3.63, 3.8) is 0 Å². The lowest BCUT2D eigenvalue weighted by molar-refractivity contribution is -0.125. The third kappa shape index (κ3) is 3.37. The molecule has 0 bridgehead atoms. The Morgan fingerprint density at radius 3 is 2.43 bits per heavy atom. The molecule has 1 amide bonds. The summed E-state index contributed by atoms with van der Waals surface area (Å²) < 4.78 is 28.2. The van der Waals surface area contributed by atoms with Gasteiger partial charge in [0.25, 0.3) is 10.0 Å². The van der Waals surface area contributed by atoms with Crippen LogP contribution in [-0.4, -0.2) is 31.2 Å². The quantitative estimate of drug-likeness (QED) is 0.665. The summed E-state index contributed by atoms with van der Waals surface area (Å²) in [6.45, 7) is 0.738. The number of benzene rings is 2. The number of carbonyl (C=O) groups excluding carboxylic acids is 1. The predicted molar refractivity (Wildman–Crippen MR) is 117 cm³/mol. The lowest BCUT2D eigenvalue weighted by Crippen LogP contribution is -2.53. The van der Waals surface area contributed by atoms with E-state index < -0.39 is 16.1 Å². The number of hydrogen-bond donors (Lipinski definition) is 1. The third-order valence-electron chi connectivity index (χ3n) is 6.05. The minimum Gasteiger partial charge on any atom is -0.354 e. The van der Waals surface area contributed by atoms with Crippen LogP contribution < -0.4 is 5.32 Å².